The second-order valence-electron chi connectivity index (χ2n) is 5.01. The Morgan fingerprint density at radius 3 is 2.50 bits per heavy atom. The Balaban J connectivity index is 2.02. The molecule has 0 bridgehead atoms. The van der Waals surface area contributed by atoms with Crippen LogP contribution in [-0.2, 0) is 6.61 Å². The van der Waals surface area contributed by atoms with E-state index in [9.17, 15) is 0 Å². The Hall–Kier alpha value is -1.67. The second kappa shape index (κ2) is 6.67. The SMILES string of the molecule is CCC(C)c1ccc(OCc2cc(Cl)ccc2N)cc1. The van der Waals surface area contributed by atoms with Gasteiger partial charge in [0.15, 0.2) is 0 Å². The molecule has 2 aromatic carbocycles. The number of hydrogen-bond acceptors (Lipinski definition) is 2. The van der Waals surface area contributed by atoms with Crippen LogP contribution in [0.15, 0.2) is 42.5 Å². The highest BCUT2D eigenvalue weighted by molar-refractivity contribution is 6.30. The van der Waals surface area contributed by atoms with Gasteiger partial charge in [-0.25, -0.2) is 0 Å². The van der Waals surface area contributed by atoms with Crippen molar-refractivity contribution in [1.82, 2.24) is 0 Å². The molecule has 2 N–H and O–H groups in total. The van der Waals surface area contributed by atoms with Gasteiger partial charge in [-0.3, -0.25) is 0 Å². The highest BCUT2D eigenvalue weighted by atomic mass is 35.5. The van der Waals surface area contributed by atoms with Gasteiger partial charge in [-0.15, -0.1) is 0 Å². The summed E-state index contributed by atoms with van der Waals surface area (Å²) in [4.78, 5) is 0. The number of rotatable bonds is 5. The lowest BCUT2D eigenvalue weighted by Crippen LogP contribution is -2.00. The molecule has 20 heavy (non-hydrogen) atoms. The maximum atomic E-state index is 5.96. The Bertz CT molecular complexity index is 566. The number of anilines is 1. The molecule has 0 aliphatic heterocycles. The van der Waals surface area contributed by atoms with Crippen LogP contribution in [0.25, 0.3) is 0 Å². The molecule has 0 aromatic heterocycles. The topological polar surface area (TPSA) is 35.2 Å². The Labute approximate surface area is 125 Å². The van der Waals surface area contributed by atoms with Crippen molar-refractivity contribution in [3.63, 3.8) is 0 Å². The first-order chi connectivity index (χ1) is 9.60. The van der Waals surface area contributed by atoms with Crippen LogP contribution < -0.4 is 10.5 Å². The first-order valence-electron chi connectivity index (χ1n) is 6.86. The maximum absolute atomic E-state index is 5.96. The van der Waals surface area contributed by atoms with E-state index in [2.05, 4.69) is 26.0 Å². The van der Waals surface area contributed by atoms with Crippen LogP contribution in [0.5, 0.6) is 5.75 Å². The largest absolute Gasteiger partial charge is 0.489 e. The van der Waals surface area contributed by atoms with E-state index in [1.165, 1.54) is 5.56 Å². The minimum Gasteiger partial charge on any atom is -0.489 e. The minimum absolute atomic E-state index is 0.426. The molecule has 0 saturated carbocycles. The molecule has 2 rings (SSSR count). The lowest BCUT2D eigenvalue weighted by Gasteiger charge is -2.12. The average molecular weight is 290 g/mol. The van der Waals surface area contributed by atoms with Gasteiger partial charge in [0.25, 0.3) is 0 Å². The number of nitrogens with two attached hydrogens (primary N) is 1. The fraction of sp³-hybridized carbons (Fsp3) is 0.294. The van der Waals surface area contributed by atoms with Crippen LogP contribution in [-0.4, -0.2) is 0 Å². The van der Waals surface area contributed by atoms with Gasteiger partial charge < -0.3 is 10.5 Å². The number of benzene rings is 2. The summed E-state index contributed by atoms with van der Waals surface area (Å²) in [5.74, 6) is 1.42. The molecule has 0 aliphatic rings. The van der Waals surface area contributed by atoms with Crippen LogP contribution in [0.1, 0.15) is 37.3 Å². The summed E-state index contributed by atoms with van der Waals surface area (Å²) < 4.78 is 5.76. The van der Waals surface area contributed by atoms with Gasteiger partial charge in [-0.05, 0) is 48.2 Å². The molecule has 0 radical (unpaired) electrons. The van der Waals surface area contributed by atoms with Crippen LogP contribution >= 0.6 is 11.6 Å². The highest BCUT2D eigenvalue weighted by Gasteiger charge is 2.04. The normalized spacial score (nSPS) is 12.2. The van der Waals surface area contributed by atoms with E-state index < -0.39 is 0 Å². The third-order valence-corrected chi connectivity index (χ3v) is 3.80. The molecule has 0 spiro atoms. The monoisotopic (exact) mass is 289 g/mol. The van der Waals surface area contributed by atoms with Crippen LogP contribution in [0.2, 0.25) is 5.02 Å². The Morgan fingerprint density at radius 2 is 1.85 bits per heavy atom. The van der Waals surface area contributed by atoms with E-state index in [0.717, 1.165) is 17.7 Å². The third kappa shape index (κ3) is 3.67. The van der Waals surface area contributed by atoms with Crippen molar-refractivity contribution < 1.29 is 4.74 Å². The molecule has 0 saturated heterocycles. The van der Waals surface area contributed by atoms with E-state index in [1.54, 1.807) is 12.1 Å². The summed E-state index contributed by atoms with van der Waals surface area (Å²) >= 11 is 5.96. The molecule has 3 heteroatoms. The highest BCUT2D eigenvalue weighted by Crippen LogP contribution is 2.23. The number of nitrogen functional groups attached to an aromatic ring is 1. The van der Waals surface area contributed by atoms with Gasteiger partial charge in [-0.2, -0.15) is 0 Å². The molecule has 1 atom stereocenters. The molecule has 106 valence electrons. The lowest BCUT2D eigenvalue weighted by molar-refractivity contribution is 0.307. The predicted octanol–water partition coefficient (Wildman–Crippen LogP) is 5.01. The first kappa shape index (κ1) is 14.7. The van der Waals surface area contributed by atoms with Crippen molar-refractivity contribution in [1.29, 1.82) is 0 Å². The molecular formula is C17H20ClNO. The third-order valence-electron chi connectivity index (χ3n) is 3.56. The van der Waals surface area contributed by atoms with Crippen molar-refractivity contribution in [2.45, 2.75) is 32.8 Å². The Morgan fingerprint density at radius 1 is 1.15 bits per heavy atom. The smallest absolute Gasteiger partial charge is 0.119 e. The van der Waals surface area contributed by atoms with Crippen molar-refractivity contribution >= 4 is 17.3 Å². The minimum atomic E-state index is 0.426. The number of ether oxygens (including phenoxy) is 1. The lowest BCUT2D eigenvalue weighted by atomic mass is 9.99. The van der Waals surface area contributed by atoms with Crippen molar-refractivity contribution in [2.75, 3.05) is 5.73 Å². The summed E-state index contributed by atoms with van der Waals surface area (Å²) in [5.41, 5.74) is 8.84. The molecule has 0 amide bonds. The maximum Gasteiger partial charge on any atom is 0.119 e. The van der Waals surface area contributed by atoms with Gasteiger partial charge >= 0.3 is 0 Å². The van der Waals surface area contributed by atoms with Gasteiger partial charge in [0.2, 0.25) is 0 Å². The molecule has 1 unspecified atom stereocenters. The van der Waals surface area contributed by atoms with Crippen molar-refractivity contribution in [3.8, 4) is 5.75 Å². The summed E-state index contributed by atoms with van der Waals surface area (Å²) in [7, 11) is 0. The van der Waals surface area contributed by atoms with Crippen LogP contribution in [0.3, 0.4) is 0 Å². The fourth-order valence-corrected chi connectivity index (χ4v) is 2.18. The van der Waals surface area contributed by atoms with Crippen molar-refractivity contribution in [2.24, 2.45) is 0 Å². The van der Waals surface area contributed by atoms with Crippen molar-refractivity contribution in [3.05, 3.63) is 58.6 Å². The van der Waals surface area contributed by atoms with Gasteiger partial charge in [0, 0.05) is 16.3 Å². The van der Waals surface area contributed by atoms with Gasteiger partial charge in [0.1, 0.15) is 12.4 Å². The molecule has 0 aliphatic carbocycles. The summed E-state index contributed by atoms with van der Waals surface area (Å²) in [6.45, 7) is 4.84. The van der Waals surface area contributed by atoms with E-state index >= 15 is 0 Å². The zero-order valence-electron chi connectivity index (χ0n) is 11.9. The van der Waals surface area contributed by atoms with E-state index in [-0.39, 0.29) is 0 Å². The Kier molecular flexibility index (Phi) is 4.91. The number of hydrogen-bond donors (Lipinski definition) is 1. The fourth-order valence-electron chi connectivity index (χ4n) is 1.99. The van der Waals surface area contributed by atoms with Gasteiger partial charge in [-0.1, -0.05) is 37.6 Å². The predicted molar refractivity (Wildman–Crippen MR) is 85.3 cm³/mol. The standard InChI is InChI=1S/C17H20ClNO/c1-3-12(2)13-4-7-16(8-5-13)20-11-14-10-15(18)6-9-17(14)19/h4-10,12H,3,11,19H2,1-2H3. The molecule has 0 heterocycles. The zero-order valence-corrected chi connectivity index (χ0v) is 12.7. The van der Waals surface area contributed by atoms with E-state index in [4.69, 9.17) is 22.1 Å². The molecule has 2 nitrogen and oxygen atoms in total. The van der Waals surface area contributed by atoms with Crippen LogP contribution in [0.4, 0.5) is 5.69 Å². The van der Waals surface area contributed by atoms with Gasteiger partial charge in [0.05, 0.1) is 0 Å². The van der Waals surface area contributed by atoms with E-state index in [1.807, 2.05) is 18.2 Å². The summed E-state index contributed by atoms with van der Waals surface area (Å²) in [6, 6.07) is 13.7. The van der Waals surface area contributed by atoms with E-state index in [0.29, 0.717) is 23.2 Å². The van der Waals surface area contributed by atoms with Crippen LogP contribution in [0, 0.1) is 0 Å². The average Bonchev–Trinajstić information content (AvgIpc) is 2.48. The summed E-state index contributed by atoms with van der Waals surface area (Å²) in [6.07, 6.45) is 1.14. The quantitative estimate of drug-likeness (QED) is 0.785. The second-order valence-corrected chi connectivity index (χ2v) is 5.45. The molecule has 0 fully saturated rings. The summed E-state index contributed by atoms with van der Waals surface area (Å²) in [5, 5.41) is 0.671. The first-order valence-corrected chi connectivity index (χ1v) is 7.24. The molecular weight excluding hydrogens is 270 g/mol. The molecule has 2 aromatic rings. The zero-order chi connectivity index (χ0) is 14.5. The number of halogens is 1.